The molecular weight excluding hydrogens is 413 g/mol. The predicted molar refractivity (Wildman–Crippen MR) is 101 cm³/mol. The summed E-state index contributed by atoms with van der Waals surface area (Å²) in [6, 6.07) is 17.5. The quantitative estimate of drug-likeness (QED) is 0.397. The van der Waals surface area contributed by atoms with E-state index >= 15 is 0 Å². The summed E-state index contributed by atoms with van der Waals surface area (Å²) in [5.74, 6) is -0.0604. The number of amides is 1. The molecule has 1 saturated heterocycles. The minimum Gasteiger partial charge on any atom is -0.268 e. The van der Waals surface area contributed by atoms with Gasteiger partial charge in [0.1, 0.15) is 0 Å². The number of carbonyl (C=O) groups is 1. The molecule has 3 rings (SSSR count). The number of thiocarbonyl (C=S) groups is 1. The molecule has 0 spiro atoms. The van der Waals surface area contributed by atoms with Crippen molar-refractivity contribution in [3.8, 4) is 0 Å². The van der Waals surface area contributed by atoms with Gasteiger partial charge in [0.05, 0.1) is 10.6 Å². The molecule has 2 aromatic carbocycles. The highest BCUT2D eigenvalue weighted by molar-refractivity contribution is 14.1. The molecule has 0 atom stereocenters. The minimum absolute atomic E-state index is 0.0604. The number of carbonyl (C=O) groups excluding carboxylic acids is 1. The molecule has 0 unspecified atom stereocenters. The normalized spacial score (nSPS) is 16.8. The van der Waals surface area contributed by atoms with Crippen LogP contribution in [-0.4, -0.2) is 10.2 Å². The molecule has 0 bridgehead atoms. The molecule has 1 aliphatic rings. The standard InChI is InChI=1S/C16H10INOS2/c17-12-8-6-11(7-9-12)10-14-15(19)18(16(20)21-14)13-4-2-1-3-5-13/h1-10H/b14-10+. The van der Waals surface area contributed by atoms with Crippen LogP contribution >= 0.6 is 46.6 Å². The van der Waals surface area contributed by atoms with Crippen LogP contribution in [0.3, 0.4) is 0 Å². The number of benzene rings is 2. The van der Waals surface area contributed by atoms with E-state index in [0.29, 0.717) is 9.23 Å². The van der Waals surface area contributed by atoms with Crippen molar-refractivity contribution in [1.82, 2.24) is 0 Å². The Morgan fingerprint density at radius 2 is 1.71 bits per heavy atom. The Kier molecular flexibility index (Phi) is 4.42. The lowest BCUT2D eigenvalue weighted by Gasteiger charge is -2.13. The van der Waals surface area contributed by atoms with Gasteiger partial charge in [-0.1, -0.05) is 54.3 Å². The van der Waals surface area contributed by atoms with Crippen LogP contribution in [0.2, 0.25) is 0 Å². The van der Waals surface area contributed by atoms with Gasteiger partial charge in [-0.3, -0.25) is 9.69 Å². The average Bonchev–Trinajstić information content (AvgIpc) is 2.77. The molecule has 1 heterocycles. The predicted octanol–water partition coefficient (Wildman–Crippen LogP) is 4.70. The summed E-state index contributed by atoms with van der Waals surface area (Å²) < 4.78 is 1.74. The smallest absolute Gasteiger partial charge is 0.268 e. The van der Waals surface area contributed by atoms with E-state index < -0.39 is 0 Å². The van der Waals surface area contributed by atoms with Gasteiger partial charge in [0, 0.05) is 3.57 Å². The third kappa shape index (κ3) is 3.20. The van der Waals surface area contributed by atoms with Gasteiger partial charge in [0.15, 0.2) is 4.32 Å². The van der Waals surface area contributed by atoms with Crippen LogP contribution in [0.4, 0.5) is 5.69 Å². The van der Waals surface area contributed by atoms with Crippen molar-refractivity contribution >= 4 is 68.6 Å². The number of nitrogens with zero attached hydrogens (tertiary/aromatic N) is 1. The summed E-state index contributed by atoms with van der Waals surface area (Å²) in [4.78, 5) is 14.8. The lowest BCUT2D eigenvalue weighted by molar-refractivity contribution is -0.113. The summed E-state index contributed by atoms with van der Waals surface area (Å²) in [5.41, 5.74) is 1.81. The lowest BCUT2D eigenvalue weighted by atomic mass is 10.2. The average molecular weight is 423 g/mol. The second kappa shape index (κ2) is 6.29. The van der Waals surface area contributed by atoms with Crippen LogP contribution in [0.25, 0.3) is 6.08 Å². The monoisotopic (exact) mass is 423 g/mol. The zero-order chi connectivity index (χ0) is 14.8. The Morgan fingerprint density at radius 3 is 2.38 bits per heavy atom. The fourth-order valence-corrected chi connectivity index (χ4v) is 3.64. The van der Waals surface area contributed by atoms with E-state index in [0.717, 1.165) is 11.3 Å². The highest BCUT2D eigenvalue weighted by atomic mass is 127. The molecule has 0 N–H and O–H groups in total. The van der Waals surface area contributed by atoms with Gasteiger partial charge >= 0.3 is 0 Å². The fourth-order valence-electron chi connectivity index (χ4n) is 1.98. The first kappa shape index (κ1) is 14.7. The summed E-state index contributed by atoms with van der Waals surface area (Å²) in [7, 11) is 0. The van der Waals surface area contributed by atoms with Crippen molar-refractivity contribution < 1.29 is 4.79 Å². The van der Waals surface area contributed by atoms with Gasteiger partial charge in [-0.05, 0) is 58.5 Å². The van der Waals surface area contributed by atoms with E-state index in [1.807, 2.05) is 60.7 Å². The van der Waals surface area contributed by atoms with Crippen molar-refractivity contribution in [1.29, 1.82) is 0 Å². The maximum Gasteiger partial charge on any atom is 0.270 e. The molecular formula is C16H10INOS2. The molecule has 2 aromatic rings. The molecule has 21 heavy (non-hydrogen) atoms. The van der Waals surface area contributed by atoms with E-state index in [1.54, 1.807) is 4.90 Å². The molecule has 0 aromatic heterocycles. The molecule has 0 aliphatic carbocycles. The topological polar surface area (TPSA) is 20.3 Å². The van der Waals surface area contributed by atoms with E-state index in [-0.39, 0.29) is 5.91 Å². The first-order valence-electron chi connectivity index (χ1n) is 6.24. The Morgan fingerprint density at radius 1 is 1.05 bits per heavy atom. The van der Waals surface area contributed by atoms with E-state index in [2.05, 4.69) is 22.6 Å². The van der Waals surface area contributed by atoms with Crippen LogP contribution in [0.15, 0.2) is 59.5 Å². The van der Waals surface area contributed by atoms with Crippen molar-refractivity contribution in [2.75, 3.05) is 4.90 Å². The summed E-state index contributed by atoms with van der Waals surface area (Å²) in [5, 5.41) is 0. The summed E-state index contributed by atoms with van der Waals surface area (Å²) in [6.07, 6.45) is 1.89. The Labute approximate surface area is 146 Å². The molecule has 0 radical (unpaired) electrons. The van der Waals surface area contributed by atoms with Crippen LogP contribution in [-0.2, 0) is 4.79 Å². The molecule has 104 valence electrons. The molecule has 2 nitrogen and oxygen atoms in total. The number of rotatable bonds is 2. The van der Waals surface area contributed by atoms with E-state index in [9.17, 15) is 4.79 Å². The third-order valence-corrected chi connectivity index (χ3v) is 5.00. The van der Waals surface area contributed by atoms with Crippen LogP contribution in [0.1, 0.15) is 5.56 Å². The number of halogens is 1. The van der Waals surface area contributed by atoms with E-state index in [1.165, 1.54) is 15.3 Å². The number of hydrogen-bond acceptors (Lipinski definition) is 3. The first-order valence-corrected chi connectivity index (χ1v) is 8.54. The number of thioether (sulfide) groups is 1. The third-order valence-electron chi connectivity index (χ3n) is 2.98. The Hall–Kier alpha value is -1.18. The summed E-state index contributed by atoms with van der Waals surface area (Å²) in [6.45, 7) is 0. The molecule has 1 aliphatic heterocycles. The highest BCUT2D eigenvalue weighted by Gasteiger charge is 2.33. The molecule has 1 amide bonds. The molecule has 0 saturated carbocycles. The number of hydrogen-bond donors (Lipinski definition) is 0. The zero-order valence-electron chi connectivity index (χ0n) is 10.8. The van der Waals surface area contributed by atoms with Crippen LogP contribution in [0.5, 0.6) is 0 Å². The minimum atomic E-state index is -0.0604. The van der Waals surface area contributed by atoms with Gasteiger partial charge in [-0.25, -0.2) is 0 Å². The molecule has 5 heteroatoms. The summed E-state index contributed by atoms with van der Waals surface area (Å²) >= 11 is 8.94. The Balaban J connectivity index is 1.92. The SMILES string of the molecule is O=C1/C(=C\c2ccc(I)cc2)SC(=S)N1c1ccccc1. The van der Waals surface area contributed by atoms with Crippen molar-refractivity contribution in [3.05, 3.63) is 68.6 Å². The number of para-hydroxylation sites is 1. The highest BCUT2D eigenvalue weighted by Crippen LogP contribution is 2.35. The van der Waals surface area contributed by atoms with Gasteiger partial charge in [0.25, 0.3) is 5.91 Å². The van der Waals surface area contributed by atoms with Crippen LogP contribution in [0, 0.1) is 3.57 Å². The lowest BCUT2D eigenvalue weighted by Crippen LogP contribution is -2.27. The van der Waals surface area contributed by atoms with Crippen molar-refractivity contribution in [3.63, 3.8) is 0 Å². The van der Waals surface area contributed by atoms with Gasteiger partial charge in [-0.2, -0.15) is 0 Å². The first-order chi connectivity index (χ1) is 10.1. The van der Waals surface area contributed by atoms with E-state index in [4.69, 9.17) is 12.2 Å². The van der Waals surface area contributed by atoms with Crippen molar-refractivity contribution in [2.24, 2.45) is 0 Å². The largest absolute Gasteiger partial charge is 0.270 e. The second-order valence-electron chi connectivity index (χ2n) is 4.40. The van der Waals surface area contributed by atoms with Gasteiger partial charge in [0.2, 0.25) is 0 Å². The Bertz CT molecular complexity index is 726. The maximum atomic E-state index is 12.5. The maximum absolute atomic E-state index is 12.5. The fraction of sp³-hybridized carbons (Fsp3) is 0. The molecule has 1 fully saturated rings. The van der Waals surface area contributed by atoms with Gasteiger partial charge in [-0.15, -0.1) is 0 Å². The van der Waals surface area contributed by atoms with Crippen molar-refractivity contribution in [2.45, 2.75) is 0 Å². The zero-order valence-corrected chi connectivity index (χ0v) is 14.6. The second-order valence-corrected chi connectivity index (χ2v) is 7.33. The van der Waals surface area contributed by atoms with Gasteiger partial charge < -0.3 is 0 Å². The van der Waals surface area contributed by atoms with Crippen LogP contribution < -0.4 is 4.90 Å². The number of anilines is 1.